The van der Waals surface area contributed by atoms with Gasteiger partial charge >= 0.3 is 0 Å². The number of hydrogen-bond acceptors (Lipinski definition) is 4. The summed E-state index contributed by atoms with van der Waals surface area (Å²) < 4.78 is 6.39. The number of ether oxygens (including phenoxy) is 1. The van der Waals surface area contributed by atoms with Crippen molar-refractivity contribution in [2.45, 2.75) is 39.7 Å². The minimum Gasteiger partial charge on any atom is -0.504 e. The number of hydrogen-bond donors (Lipinski definition) is 2. The van der Waals surface area contributed by atoms with Crippen LogP contribution < -0.4 is 10.1 Å². The van der Waals surface area contributed by atoms with Crippen LogP contribution in [0, 0.1) is 5.41 Å². The number of anilines is 1. The van der Waals surface area contributed by atoms with Gasteiger partial charge in [0.15, 0.2) is 17.3 Å². The average Bonchev–Trinajstić information content (AvgIpc) is 2.74. The Labute approximate surface area is 196 Å². The molecule has 0 unspecified atom stereocenters. The summed E-state index contributed by atoms with van der Waals surface area (Å²) >= 11 is 3.62. The summed E-state index contributed by atoms with van der Waals surface area (Å²) in [5, 5.41) is 16.3. The first-order valence-corrected chi connectivity index (χ1v) is 11.8. The lowest BCUT2D eigenvalue weighted by atomic mass is 9.68. The number of phenolic OH excluding ortho intramolecular Hbond substituents is 1. The summed E-state index contributed by atoms with van der Waals surface area (Å²) in [4.78, 5) is 13.6. The molecule has 0 fully saturated rings. The normalized spacial score (nSPS) is 19.4. The van der Waals surface area contributed by atoms with Gasteiger partial charge in [-0.25, -0.2) is 0 Å². The first-order chi connectivity index (χ1) is 15.3. The molecular formula is C27H26BrNO3. The van der Waals surface area contributed by atoms with Gasteiger partial charge in [0.2, 0.25) is 0 Å². The maximum absolute atomic E-state index is 13.6. The van der Waals surface area contributed by atoms with E-state index in [4.69, 9.17) is 4.74 Å². The summed E-state index contributed by atoms with van der Waals surface area (Å²) in [7, 11) is 0. The molecule has 164 valence electrons. The van der Waals surface area contributed by atoms with Crippen molar-refractivity contribution in [2.24, 2.45) is 5.41 Å². The van der Waals surface area contributed by atoms with Gasteiger partial charge in [0.05, 0.1) is 12.6 Å². The fourth-order valence-corrected chi connectivity index (χ4v) is 5.68. The number of fused-ring (bicyclic) bond motifs is 4. The van der Waals surface area contributed by atoms with Crippen LogP contribution in [0.15, 0.2) is 58.6 Å². The van der Waals surface area contributed by atoms with Crippen molar-refractivity contribution in [1.82, 2.24) is 0 Å². The van der Waals surface area contributed by atoms with Crippen LogP contribution in [-0.4, -0.2) is 17.5 Å². The molecule has 1 heterocycles. The third kappa shape index (κ3) is 3.39. The van der Waals surface area contributed by atoms with Gasteiger partial charge in [0.25, 0.3) is 0 Å². The topological polar surface area (TPSA) is 58.6 Å². The number of phenols is 1. The predicted molar refractivity (Wildman–Crippen MR) is 132 cm³/mol. The summed E-state index contributed by atoms with van der Waals surface area (Å²) in [6, 6.07) is 15.7. The second-order valence-electron chi connectivity index (χ2n) is 9.39. The first kappa shape index (κ1) is 21.1. The number of nitrogens with one attached hydrogen (secondary N) is 1. The van der Waals surface area contributed by atoms with Crippen molar-refractivity contribution >= 4 is 43.7 Å². The van der Waals surface area contributed by atoms with Gasteiger partial charge < -0.3 is 15.2 Å². The molecule has 5 heteroatoms. The molecule has 0 saturated heterocycles. The molecule has 3 aromatic rings. The van der Waals surface area contributed by atoms with E-state index < -0.39 is 0 Å². The Morgan fingerprint density at radius 1 is 1.16 bits per heavy atom. The number of carbonyl (C=O) groups is 1. The molecule has 0 amide bonds. The summed E-state index contributed by atoms with van der Waals surface area (Å²) in [5.74, 6) is 0.669. The van der Waals surface area contributed by atoms with Gasteiger partial charge in [-0.15, -0.1) is 0 Å². The van der Waals surface area contributed by atoms with Crippen LogP contribution in [0.5, 0.6) is 11.5 Å². The molecule has 0 spiro atoms. The van der Waals surface area contributed by atoms with E-state index in [1.807, 2.05) is 19.1 Å². The molecule has 1 atom stereocenters. The van der Waals surface area contributed by atoms with E-state index in [0.717, 1.165) is 44.2 Å². The summed E-state index contributed by atoms with van der Waals surface area (Å²) in [6.45, 7) is 6.66. The second-order valence-corrected chi connectivity index (χ2v) is 10.2. The van der Waals surface area contributed by atoms with Crippen LogP contribution >= 0.6 is 15.9 Å². The molecule has 2 aliphatic rings. The third-order valence-corrected chi connectivity index (χ3v) is 7.12. The van der Waals surface area contributed by atoms with E-state index in [1.165, 1.54) is 5.39 Å². The lowest BCUT2D eigenvalue weighted by Crippen LogP contribution is -2.33. The van der Waals surface area contributed by atoms with Crippen LogP contribution in [-0.2, 0) is 4.79 Å². The lowest BCUT2D eigenvalue weighted by molar-refractivity contribution is -0.118. The maximum atomic E-state index is 13.6. The fourth-order valence-electron chi connectivity index (χ4n) is 5.12. The monoisotopic (exact) mass is 491 g/mol. The highest BCUT2D eigenvalue weighted by Gasteiger charge is 2.41. The van der Waals surface area contributed by atoms with Crippen LogP contribution in [0.1, 0.15) is 50.8 Å². The molecule has 0 aromatic heterocycles. The van der Waals surface area contributed by atoms with E-state index in [1.54, 1.807) is 6.07 Å². The van der Waals surface area contributed by atoms with Crippen molar-refractivity contribution in [3.05, 3.63) is 69.7 Å². The molecule has 5 rings (SSSR count). The van der Waals surface area contributed by atoms with Crippen molar-refractivity contribution in [3.63, 3.8) is 0 Å². The summed E-state index contributed by atoms with van der Waals surface area (Å²) in [5.41, 5.74) is 4.88. The van der Waals surface area contributed by atoms with Crippen molar-refractivity contribution < 1.29 is 14.6 Å². The van der Waals surface area contributed by atoms with Crippen LogP contribution in [0.25, 0.3) is 16.3 Å². The van der Waals surface area contributed by atoms with Crippen LogP contribution in [0.2, 0.25) is 0 Å². The SMILES string of the molecule is CCOc1cc([C@H]2Nc3ccc4ccccc4c3C3=C2C(=O)CC(C)(C)C3)c(Br)cc1O. The van der Waals surface area contributed by atoms with E-state index >= 15 is 0 Å². The number of allylic oxidation sites excluding steroid dienone is 1. The Morgan fingerprint density at radius 3 is 2.72 bits per heavy atom. The first-order valence-electron chi connectivity index (χ1n) is 11.0. The Hall–Kier alpha value is -2.79. The van der Waals surface area contributed by atoms with Gasteiger partial charge in [0, 0.05) is 27.7 Å². The highest BCUT2D eigenvalue weighted by Crippen LogP contribution is 2.53. The second kappa shape index (κ2) is 7.66. The maximum Gasteiger partial charge on any atom is 0.162 e. The Morgan fingerprint density at radius 2 is 1.94 bits per heavy atom. The van der Waals surface area contributed by atoms with Crippen molar-refractivity contribution in [3.8, 4) is 11.5 Å². The number of ketones is 1. The molecule has 1 aliphatic carbocycles. The number of rotatable bonds is 3. The largest absolute Gasteiger partial charge is 0.504 e. The average molecular weight is 492 g/mol. The number of benzene rings is 3. The van der Waals surface area contributed by atoms with E-state index in [0.29, 0.717) is 18.8 Å². The summed E-state index contributed by atoms with van der Waals surface area (Å²) in [6.07, 6.45) is 1.35. The van der Waals surface area contributed by atoms with Crippen molar-refractivity contribution in [2.75, 3.05) is 11.9 Å². The lowest BCUT2D eigenvalue weighted by Gasteiger charge is -2.40. The molecule has 2 N–H and O–H groups in total. The van der Waals surface area contributed by atoms with E-state index in [2.05, 4.69) is 65.4 Å². The number of aromatic hydroxyl groups is 1. The van der Waals surface area contributed by atoms with Gasteiger partial charge in [0.1, 0.15) is 0 Å². The standard InChI is InChI=1S/C27H26BrNO3/c1-4-32-23-11-17(19(28)12-21(23)30)26-25-18(13-27(2,3)14-22(25)31)24-16-8-6-5-7-15(16)9-10-20(24)29-26/h5-12,26,29-30H,4,13-14H2,1-3H3/t26-/m1/s1. The van der Waals surface area contributed by atoms with E-state index in [9.17, 15) is 9.90 Å². The fraction of sp³-hybridized carbons (Fsp3) is 0.296. The quantitative estimate of drug-likeness (QED) is 0.413. The number of carbonyl (C=O) groups excluding carboxylic acids is 1. The molecule has 3 aromatic carbocycles. The van der Waals surface area contributed by atoms with Gasteiger partial charge in [-0.1, -0.05) is 60.1 Å². The minimum absolute atomic E-state index is 0.0787. The van der Waals surface area contributed by atoms with Crippen LogP contribution in [0.4, 0.5) is 5.69 Å². The Balaban J connectivity index is 1.78. The minimum atomic E-state index is -0.323. The number of Topliss-reactive ketones (excluding diaryl/α,β-unsaturated/α-hetero) is 1. The predicted octanol–water partition coefficient (Wildman–Crippen LogP) is 7.02. The molecular weight excluding hydrogens is 466 g/mol. The Bertz CT molecular complexity index is 1290. The van der Waals surface area contributed by atoms with Gasteiger partial charge in [-0.05, 0) is 58.9 Å². The molecule has 32 heavy (non-hydrogen) atoms. The molecule has 0 saturated carbocycles. The van der Waals surface area contributed by atoms with Gasteiger partial charge in [-0.3, -0.25) is 4.79 Å². The third-order valence-electron chi connectivity index (χ3n) is 6.43. The smallest absolute Gasteiger partial charge is 0.162 e. The number of halogens is 1. The molecule has 1 aliphatic heterocycles. The molecule has 0 radical (unpaired) electrons. The van der Waals surface area contributed by atoms with Crippen molar-refractivity contribution in [1.29, 1.82) is 0 Å². The van der Waals surface area contributed by atoms with Crippen LogP contribution in [0.3, 0.4) is 0 Å². The zero-order valence-electron chi connectivity index (χ0n) is 18.5. The zero-order valence-corrected chi connectivity index (χ0v) is 20.0. The molecule has 4 nitrogen and oxygen atoms in total. The highest BCUT2D eigenvalue weighted by atomic mass is 79.9. The highest BCUT2D eigenvalue weighted by molar-refractivity contribution is 9.10. The van der Waals surface area contributed by atoms with Gasteiger partial charge in [-0.2, -0.15) is 0 Å². The molecule has 0 bridgehead atoms. The zero-order chi connectivity index (χ0) is 22.6. The van der Waals surface area contributed by atoms with E-state index in [-0.39, 0.29) is 23.0 Å². The Kier molecular flexibility index (Phi) is 5.05.